The molecule has 0 fully saturated rings. The number of hydrogen-bond acceptors (Lipinski definition) is 3. The van der Waals surface area contributed by atoms with Crippen molar-refractivity contribution in [2.24, 2.45) is 0 Å². The summed E-state index contributed by atoms with van der Waals surface area (Å²) < 4.78 is 1.99. The molecule has 0 radical (unpaired) electrons. The number of thiazole rings is 1. The molecule has 0 bridgehead atoms. The summed E-state index contributed by atoms with van der Waals surface area (Å²) in [5.74, 6) is 0.455. The SMILES string of the molecule is Cc1ccnn1Cc1ccccc1-c1nc(CCl)cs1. The van der Waals surface area contributed by atoms with Gasteiger partial charge in [0.05, 0.1) is 18.1 Å². The first-order chi connectivity index (χ1) is 9.78. The molecule has 0 aliphatic rings. The fourth-order valence-electron chi connectivity index (χ4n) is 2.08. The molecule has 0 saturated carbocycles. The second kappa shape index (κ2) is 5.77. The molecule has 3 aromatic rings. The summed E-state index contributed by atoms with van der Waals surface area (Å²) >= 11 is 7.47. The van der Waals surface area contributed by atoms with Crippen LogP contribution < -0.4 is 0 Å². The van der Waals surface area contributed by atoms with Gasteiger partial charge in [0.25, 0.3) is 0 Å². The van der Waals surface area contributed by atoms with Gasteiger partial charge in [0, 0.05) is 22.8 Å². The molecule has 0 spiro atoms. The van der Waals surface area contributed by atoms with Gasteiger partial charge >= 0.3 is 0 Å². The van der Waals surface area contributed by atoms with Crippen LogP contribution in [-0.4, -0.2) is 14.8 Å². The van der Waals surface area contributed by atoms with E-state index in [1.54, 1.807) is 11.3 Å². The molecule has 102 valence electrons. The molecule has 0 aliphatic carbocycles. The van der Waals surface area contributed by atoms with Gasteiger partial charge in [0.2, 0.25) is 0 Å². The first kappa shape index (κ1) is 13.3. The Labute approximate surface area is 126 Å². The molecule has 2 aromatic heterocycles. The molecule has 3 nitrogen and oxygen atoms in total. The average Bonchev–Trinajstić information content (AvgIpc) is 3.09. The van der Waals surface area contributed by atoms with Crippen molar-refractivity contribution in [1.29, 1.82) is 0 Å². The third kappa shape index (κ3) is 2.62. The minimum atomic E-state index is 0.455. The van der Waals surface area contributed by atoms with E-state index in [0.29, 0.717) is 5.88 Å². The van der Waals surface area contributed by atoms with Crippen molar-refractivity contribution in [3.8, 4) is 10.6 Å². The molecule has 0 amide bonds. The topological polar surface area (TPSA) is 30.7 Å². The van der Waals surface area contributed by atoms with E-state index in [4.69, 9.17) is 11.6 Å². The minimum Gasteiger partial charge on any atom is -0.265 e. The maximum absolute atomic E-state index is 5.83. The Balaban J connectivity index is 1.98. The molecule has 2 heterocycles. The summed E-state index contributed by atoms with van der Waals surface area (Å²) in [6.45, 7) is 2.81. The number of aromatic nitrogens is 3. The Morgan fingerprint density at radius 1 is 1.25 bits per heavy atom. The van der Waals surface area contributed by atoms with Crippen LogP contribution in [0.15, 0.2) is 41.9 Å². The summed E-state index contributed by atoms with van der Waals surface area (Å²) in [6, 6.07) is 10.3. The lowest BCUT2D eigenvalue weighted by molar-refractivity contribution is 0.666. The monoisotopic (exact) mass is 303 g/mol. The Kier molecular flexibility index (Phi) is 3.85. The van der Waals surface area contributed by atoms with E-state index in [0.717, 1.165) is 28.5 Å². The van der Waals surface area contributed by atoms with E-state index >= 15 is 0 Å². The highest BCUT2D eigenvalue weighted by Gasteiger charge is 2.10. The van der Waals surface area contributed by atoms with Crippen molar-refractivity contribution < 1.29 is 0 Å². The second-order valence-corrected chi connectivity index (χ2v) is 5.69. The molecule has 0 saturated heterocycles. The molecule has 20 heavy (non-hydrogen) atoms. The zero-order valence-corrected chi connectivity index (χ0v) is 12.7. The highest BCUT2D eigenvalue weighted by atomic mass is 35.5. The van der Waals surface area contributed by atoms with Crippen molar-refractivity contribution in [3.63, 3.8) is 0 Å². The first-order valence-corrected chi connectivity index (χ1v) is 7.76. The third-order valence-electron chi connectivity index (χ3n) is 3.19. The molecule has 3 rings (SSSR count). The maximum atomic E-state index is 5.83. The van der Waals surface area contributed by atoms with E-state index in [1.807, 2.05) is 34.5 Å². The van der Waals surface area contributed by atoms with Crippen LogP contribution in [0.3, 0.4) is 0 Å². The molecule has 0 unspecified atom stereocenters. The van der Waals surface area contributed by atoms with Crippen LogP contribution in [0, 0.1) is 6.92 Å². The van der Waals surface area contributed by atoms with E-state index in [1.165, 1.54) is 5.56 Å². The lowest BCUT2D eigenvalue weighted by Gasteiger charge is -2.09. The standard InChI is InChI=1S/C15H14ClN3S/c1-11-6-7-17-19(11)9-12-4-2-3-5-14(12)15-18-13(8-16)10-20-15/h2-7,10H,8-9H2,1H3. The van der Waals surface area contributed by atoms with Gasteiger partial charge in [-0.05, 0) is 18.6 Å². The van der Waals surface area contributed by atoms with Gasteiger partial charge in [0.1, 0.15) is 5.01 Å². The van der Waals surface area contributed by atoms with E-state index in [2.05, 4.69) is 29.1 Å². The number of benzene rings is 1. The summed E-state index contributed by atoms with van der Waals surface area (Å²) in [5, 5.41) is 7.37. The van der Waals surface area contributed by atoms with Crippen molar-refractivity contribution in [1.82, 2.24) is 14.8 Å². The van der Waals surface area contributed by atoms with Crippen molar-refractivity contribution in [2.45, 2.75) is 19.3 Å². The Morgan fingerprint density at radius 3 is 2.80 bits per heavy atom. The highest BCUT2D eigenvalue weighted by Crippen LogP contribution is 2.28. The Hall–Kier alpha value is -1.65. The number of alkyl halides is 1. The van der Waals surface area contributed by atoms with E-state index < -0.39 is 0 Å². The van der Waals surface area contributed by atoms with Gasteiger partial charge in [-0.2, -0.15) is 5.10 Å². The molecule has 0 atom stereocenters. The van der Waals surface area contributed by atoms with Crippen molar-refractivity contribution in [2.75, 3.05) is 0 Å². The summed E-state index contributed by atoms with van der Waals surface area (Å²) in [4.78, 5) is 4.57. The van der Waals surface area contributed by atoms with Crippen molar-refractivity contribution in [3.05, 3.63) is 58.9 Å². The van der Waals surface area contributed by atoms with Gasteiger partial charge < -0.3 is 0 Å². The third-order valence-corrected chi connectivity index (χ3v) is 4.38. The molecular formula is C15H14ClN3S. The maximum Gasteiger partial charge on any atom is 0.124 e. The fraction of sp³-hybridized carbons (Fsp3) is 0.200. The first-order valence-electron chi connectivity index (χ1n) is 6.35. The van der Waals surface area contributed by atoms with Crippen LogP contribution in [0.5, 0.6) is 0 Å². The second-order valence-electron chi connectivity index (χ2n) is 4.57. The van der Waals surface area contributed by atoms with Crippen LogP contribution >= 0.6 is 22.9 Å². The number of hydrogen-bond donors (Lipinski definition) is 0. The molecule has 0 N–H and O–H groups in total. The average molecular weight is 304 g/mol. The summed E-state index contributed by atoms with van der Waals surface area (Å²) in [7, 11) is 0. The van der Waals surface area contributed by atoms with Gasteiger partial charge in [-0.15, -0.1) is 22.9 Å². The van der Waals surface area contributed by atoms with Crippen LogP contribution in [0.1, 0.15) is 17.0 Å². The molecular weight excluding hydrogens is 290 g/mol. The fourth-order valence-corrected chi connectivity index (χ4v) is 3.19. The van der Waals surface area contributed by atoms with Crippen LogP contribution in [-0.2, 0) is 12.4 Å². The van der Waals surface area contributed by atoms with Crippen LogP contribution in [0.2, 0.25) is 0 Å². The molecule has 1 aromatic carbocycles. The molecule has 0 aliphatic heterocycles. The lowest BCUT2D eigenvalue weighted by atomic mass is 10.1. The lowest BCUT2D eigenvalue weighted by Crippen LogP contribution is -2.04. The highest BCUT2D eigenvalue weighted by molar-refractivity contribution is 7.13. The van der Waals surface area contributed by atoms with Crippen LogP contribution in [0.4, 0.5) is 0 Å². The summed E-state index contributed by atoms with van der Waals surface area (Å²) in [6.07, 6.45) is 1.83. The van der Waals surface area contributed by atoms with Crippen molar-refractivity contribution >= 4 is 22.9 Å². The van der Waals surface area contributed by atoms with Gasteiger partial charge in [-0.1, -0.05) is 24.3 Å². The Bertz CT molecular complexity index is 717. The largest absolute Gasteiger partial charge is 0.265 e. The molecule has 5 heteroatoms. The Morgan fingerprint density at radius 2 is 2.10 bits per heavy atom. The number of nitrogens with zero attached hydrogens (tertiary/aromatic N) is 3. The van der Waals surface area contributed by atoms with Gasteiger partial charge in [-0.3, -0.25) is 4.68 Å². The zero-order chi connectivity index (χ0) is 13.9. The summed E-state index contributed by atoms with van der Waals surface area (Å²) in [5.41, 5.74) is 4.45. The predicted octanol–water partition coefficient (Wildman–Crippen LogP) is 4.10. The van der Waals surface area contributed by atoms with E-state index in [-0.39, 0.29) is 0 Å². The predicted molar refractivity (Wildman–Crippen MR) is 83.2 cm³/mol. The van der Waals surface area contributed by atoms with Gasteiger partial charge in [0.15, 0.2) is 0 Å². The normalized spacial score (nSPS) is 10.9. The number of rotatable bonds is 4. The van der Waals surface area contributed by atoms with E-state index in [9.17, 15) is 0 Å². The van der Waals surface area contributed by atoms with Gasteiger partial charge in [-0.25, -0.2) is 4.98 Å². The van der Waals surface area contributed by atoms with Crippen LogP contribution in [0.25, 0.3) is 10.6 Å². The quantitative estimate of drug-likeness (QED) is 0.679. The smallest absolute Gasteiger partial charge is 0.124 e. The minimum absolute atomic E-state index is 0.455. The zero-order valence-electron chi connectivity index (χ0n) is 11.1. The number of aryl methyl sites for hydroxylation is 1. The number of halogens is 1.